The number of hydrogen-bond acceptors (Lipinski definition) is 3. The maximum absolute atomic E-state index is 13.7. The van der Waals surface area contributed by atoms with E-state index in [1.165, 1.54) is 10.4 Å². The number of nitrogens with zero attached hydrogens (tertiary/aromatic N) is 2. The van der Waals surface area contributed by atoms with E-state index in [1.807, 2.05) is 91.5 Å². The molecule has 35 heavy (non-hydrogen) atoms. The van der Waals surface area contributed by atoms with E-state index < -0.39 is 0 Å². The minimum Gasteiger partial charge on any atom is -0.332 e. The molecular formula is C30H32N2O2S. The molecule has 0 saturated heterocycles. The van der Waals surface area contributed by atoms with E-state index in [-0.39, 0.29) is 24.4 Å². The number of carbonyl (C=O) groups excluding carboxylic acids is 2. The van der Waals surface area contributed by atoms with Crippen molar-refractivity contribution in [2.75, 3.05) is 6.54 Å². The van der Waals surface area contributed by atoms with Crippen molar-refractivity contribution in [3.05, 3.63) is 106 Å². The molecule has 0 N–H and O–H groups in total. The first-order valence-corrected chi connectivity index (χ1v) is 13.0. The normalized spacial score (nSPS) is 11.9. The Morgan fingerprint density at radius 1 is 0.886 bits per heavy atom. The van der Waals surface area contributed by atoms with E-state index in [9.17, 15) is 9.59 Å². The van der Waals surface area contributed by atoms with E-state index in [2.05, 4.69) is 18.4 Å². The summed E-state index contributed by atoms with van der Waals surface area (Å²) < 4.78 is 0. The number of carbonyl (C=O) groups is 2. The molecule has 4 rings (SSSR count). The van der Waals surface area contributed by atoms with Gasteiger partial charge in [0.25, 0.3) is 5.91 Å². The van der Waals surface area contributed by atoms with Gasteiger partial charge in [0.1, 0.15) is 6.54 Å². The molecule has 0 bridgehead atoms. The Hall–Kier alpha value is -3.44. The predicted molar refractivity (Wildman–Crippen MR) is 144 cm³/mol. The summed E-state index contributed by atoms with van der Waals surface area (Å²) >= 11 is 1.67. The topological polar surface area (TPSA) is 40.6 Å². The third kappa shape index (κ3) is 5.98. The molecule has 1 heterocycles. The zero-order valence-corrected chi connectivity index (χ0v) is 21.4. The Labute approximate surface area is 211 Å². The minimum absolute atomic E-state index is 0.0453. The van der Waals surface area contributed by atoms with Crippen molar-refractivity contribution in [3.63, 3.8) is 0 Å². The van der Waals surface area contributed by atoms with Gasteiger partial charge in [0.05, 0.1) is 6.54 Å². The standard InChI is InChI=1S/C30H32N2O2S/c1-4-23(3)32(30(34)27-15-14-25-12-8-9-13-26(25)18-27)21-29(33)31(19-24-10-6-5-7-11-24)20-28-22(2)16-17-35-28/h5-18,23H,4,19-21H2,1-3H3/t23-/m1/s1. The highest BCUT2D eigenvalue weighted by atomic mass is 32.1. The lowest BCUT2D eigenvalue weighted by Gasteiger charge is -2.31. The molecule has 3 aromatic carbocycles. The van der Waals surface area contributed by atoms with Crippen molar-refractivity contribution < 1.29 is 9.59 Å². The third-order valence-electron chi connectivity index (χ3n) is 6.56. The molecule has 0 fully saturated rings. The van der Waals surface area contributed by atoms with Gasteiger partial charge in [-0.1, -0.05) is 67.6 Å². The van der Waals surface area contributed by atoms with Crippen molar-refractivity contribution in [2.24, 2.45) is 0 Å². The molecule has 1 atom stereocenters. The summed E-state index contributed by atoms with van der Waals surface area (Å²) in [6, 6.07) is 25.8. The average Bonchev–Trinajstić information content (AvgIpc) is 3.30. The molecule has 1 aromatic heterocycles. The van der Waals surface area contributed by atoms with Gasteiger partial charge in [0.15, 0.2) is 0 Å². The molecule has 0 radical (unpaired) electrons. The predicted octanol–water partition coefficient (Wildman–Crippen LogP) is 6.68. The van der Waals surface area contributed by atoms with E-state index in [1.54, 1.807) is 16.2 Å². The van der Waals surface area contributed by atoms with Gasteiger partial charge in [-0.05, 0) is 65.7 Å². The summed E-state index contributed by atoms with van der Waals surface area (Å²) in [6.45, 7) is 7.23. The van der Waals surface area contributed by atoms with Crippen LogP contribution in [0.4, 0.5) is 0 Å². The van der Waals surface area contributed by atoms with Gasteiger partial charge in [-0.3, -0.25) is 9.59 Å². The minimum atomic E-state index is -0.106. The van der Waals surface area contributed by atoms with Gasteiger partial charge >= 0.3 is 0 Å². The molecule has 0 unspecified atom stereocenters. The molecule has 5 heteroatoms. The summed E-state index contributed by atoms with van der Waals surface area (Å²) in [7, 11) is 0. The number of thiophene rings is 1. The molecule has 2 amide bonds. The van der Waals surface area contributed by atoms with Crippen LogP contribution in [0.3, 0.4) is 0 Å². The van der Waals surface area contributed by atoms with Gasteiger partial charge in [-0.15, -0.1) is 11.3 Å². The van der Waals surface area contributed by atoms with Crippen LogP contribution in [0.5, 0.6) is 0 Å². The Kier molecular flexibility index (Phi) is 7.98. The van der Waals surface area contributed by atoms with Crippen LogP contribution in [-0.2, 0) is 17.9 Å². The first kappa shape index (κ1) is 24.7. The van der Waals surface area contributed by atoms with Crippen LogP contribution in [-0.4, -0.2) is 34.2 Å². The van der Waals surface area contributed by atoms with Crippen LogP contribution in [0.1, 0.15) is 46.6 Å². The maximum atomic E-state index is 13.7. The molecule has 180 valence electrons. The van der Waals surface area contributed by atoms with Crippen LogP contribution in [0.25, 0.3) is 10.8 Å². The second-order valence-corrected chi connectivity index (χ2v) is 10.0. The summed E-state index contributed by atoms with van der Waals surface area (Å²) in [6.07, 6.45) is 0.773. The van der Waals surface area contributed by atoms with Gasteiger partial charge in [-0.2, -0.15) is 0 Å². The fourth-order valence-electron chi connectivity index (χ4n) is 4.16. The van der Waals surface area contributed by atoms with Gasteiger partial charge in [-0.25, -0.2) is 0 Å². The molecule has 4 aromatic rings. The Bertz CT molecular complexity index is 1300. The second-order valence-electron chi connectivity index (χ2n) is 9.01. The lowest BCUT2D eigenvalue weighted by molar-refractivity contribution is -0.133. The smallest absolute Gasteiger partial charge is 0.254 e. The Morgan fingerprint density at radius 2 is 1.60 bits per heavy atom. The molecule has 0 saturated carbocycles. The monoisotopic (exact) mass is 484 g/mol. The molecule has 4 nitrogen and oxygen atoms in total. The fourth-order valence-corrected chi connectivity index (χ4v) is 5.08. The quantitative estimate of drug-likeness (QED) is 0.266. The van der Waals surface area contributed by atoms with Crippen molar-refractivity contribution in [1.29, 1.82) is 0 Å². The summed E-state index contributed by atoms with van der Waals surface area (Å²) in [4.78, 5) is 32.1. The van der Waals surface area contributed by atoms with Crippen LogP contribution >= 0.6 is 11.3 Å². The van der Waals surface area contributed by atoms with E-state index in [0.717, 1.165) is 22.8 Å². The number of fused-ring (bicyclic) bond motifs is 1. The molecule has 0 spiro atoms. The molecule has 0 aliphatic rings. The van der Waals surface area contributed by atoms with Crippen LogP contribution in [0, 0.1) is 6.92 Å². The van der Waals surface area contributed by atoms with E-state index >= 15 is 0 Å². The average molecular weight is 485 g/mol. The number of aryl methyl sites for hydroxylation is 1. The second kappa shape index (κ2) is 11.3. The van der Waals surface area contributed by atoms with Crippen molar-refractivity contribution in [1.82, 2.24) is 9.80 Å². The molecular weight excluding hydrogens is 452 g/mol. The zero-order valence-electron chi connectivity index (χ0n) is 20.6. The van der Waals surface area contributed by atoms with Crippen molar-refractivity contribution in [2.45, 2.75) is 46.3 Å². The third-order valence-corrected chi connectivity index (χ3v) is 7.57. The largest absolute Gasteiger partial charge is 0.332 e. The number of benzene rings is 3. The van der Waals surface area contributed by atoms with Gasteiger partial charge < -0.3 is 9.80 Å². The van der Waals surface area contributed by atoms with Crippen LogP contribution < -0.4 is 0 Å². The highest BCUT2D eigenvalue weighted by molar-refractivity contribution is 7.10. The summed E-state index contributed by atoms with van der Waals surface area (Å²) in [5, 5.41) is 4.17. The lowest BCUT2D eigenvalue weighted by Crippen LogP contribution is -2.46. The first-order chi connectivity index (χ1) is 17.0. The van der Waals surface area contributed by atoms with E-state index in [4.69, 9.17) is 0 Å². The number of hydrogen-bond donors (Lipinski definition) is 0. The van der Waals surface area contributed by atoms with Crippen LogP contribution in [0.15, 0.2) is 84.2 Å². The number of amides is 2. The zero-order chi connectivity index (χ0) is 24.8. The van der Waals surface area contributed by atoms with Gasteiger partial charge in [0.2, 0.25) is 5.91 Å². The molecule has 0 aliphatic heterocycles. The number of rotatable bonds is 9. The first-order valence-electron chi connectivity index (χ1n) is 12.1. The fraction of sp³-hybridized carbons (Fsp3) is 0.267. The lowest BCUT2D eigenvalue weighted by atomic mass is 10.1. The maximum Gasteiger partial charge on any atom is 0.254 e. The van der Waals surface area contributed by atoms with Crippen molar-refractivity contribution in [3.8, 4) is 0 Å². The summed E-state index contributed by atoms with van der Waals surface area (Å²) in [5.74, 6) is -0.151. The summed E-state index contributed by atoms with van der Waals surface area (Å²) in [5.41, 5.74) is 2.87. The Balaban J connectivity index is 1.59. The SMILES string of the molecule is CC[C@@H](C)N(CC(=O)N(Cc1ccccc1)Cc1sccc1C)C(=O)c1ccc2ccccc2c1. The van der Waals surface area contributed by atoms with E-state index in [0.29, 0.717) is 18.7 Å². The Morgan fingerprint density at radius 3 is 2.29 bits per heavy atom. The highest BCUT2D eigenvalue weighted by Gasteiger charge is 2.26. The molecule has 0 aliphatic carbocycles. The van der Waals surface area contributed by atoms with Gasteiger partial charge in [0, 0.05) is 23.0 Å². The highest BCUT2D eigenvalue weighted by Crippen LogP contribution is 2.22. The van der Waals surface area contributed by atoms with Crippen molar-refractivity contribution >= 4 is 33.9 Å². The van der Waals surface area contributed by atoms with Crippen LogP contribution in [0.2, 0.25) is 0 Å².